The molecular weight excluding hydrogens is 328 g/mol. The number of nitrogens with zero attached hydrogens (tertiary/aromatic N) is 3. The van der Waals surface area contributed by atoms with E-state index in [1.165, 1.54) is 5.56 Å². The van der Waals surface area contributed by atoms with Gasteiger partial charge in [-0.25, -0.2) is 4.99 Å². The second kappa shape index (κ2) is 6.44. The van der Waals surface area contributed by atoms with Gasteiger partial charge in [-0.3, -0.25) is 9.79 Å². The zero-order valence-corrected chi connectivity index (χ0v) is 15.2. The number of benzene rings is 1. The molecule has 1 N–H and O–H groups in total. The molecule has 0 spiro atoms. The molecule has 0 saturated carbocycles. The van der Waals surface area contributed by atoms with E-state index < -0.39 is 0 Å². The van der Waals surface area contributed by atoms with Gasteiger partial charge in [0.25, 0.3) is 5.91 Å². The zero-order valence-electron chi connectivity index (χ0n) is 15.2. The van der Waals surface area contributed by atoms with Gasteiger partial charge in [-0.2, -0.15) is 0 Å². The van der Waals surface area contributed by atoms with Gasteiger partial charge in [0.05, 0.1) is 17.2 Å². The normalized spacial score (nSPS) is 17.7. The van der Waals surface area contributed by atoms with Crippen molar-refractivity contribution in [2.75, 3.05) is 11.9 Å². The smallest absolute Gasteiger partial charge is 0.260 e. The Morgan fingerprint density at radius 3 is 3.00 bits per heavy atom. The molecule has 0 radical (unpaired) electrons. The third-order valence-electron chi connectivity index (χ3n) is 4.88. The van der Waals surface area contributed by atoms with Gasteiger partial charge < -0.3 is 14.6 Å². The van der Waals surface area contributed by atoms with Crippen LogP contribution < -0.4 is 5.32 Å². The highest BCUT2D eigenvalue weighted by molar-refractivity contribution is 6.19. The zero-order chi connectivity index (χ0) is 18.3. The Kier molecular flexibility index (Phi) is 4.11. The summed E-state index contributed by atoms with van der Waals surface area (Å²) in [5.41, 5.74) is 3.17. The Labute approximate surface area is 152 Å². The van der Waals surface area contributed by atoms with Crippen LogP contribution in [-0.4, -0.2) is 35.6 Å². The van der Waals surface area contributed by atoms with Crippen LogP contribution in [0.1, 0.15) is 47.5 Å². The molecule has 6 nitrogen and oxygen atoms in total. The van der Waals surface area contributed by atoms with Crippen molar-refractivity contribution in [3.8, 4) is 0 Å². The average molecular weight is 350 g/mol. The van der Waals surface area contributed by atoms with Crippen molar-refractivity contribution in [2.45, 2.75) is 39.7 Å². The molecule has 0 unspecified atom stereocenters. The molecule has 0 saturated heterocycles. The summed E-state index contributed by atoms with van der Waals surface area (Å²) < 4.78 is 5.75. The van der Waals surface area contributed by atoms with Crippen molar-refractivity contribution >= 4 is 29.7 Å². The first kappa shape index (κ1) is 16.6. The van der Waals surface area contributed by atoms with Crippen molar-refractivity contribution in [1.82, 2.24) is 4.90 Å². The predicted molar refractivity (Wildman–Crippen MR) is 103 cm³/mol. The Balaban J connectivity index is 1.71. The maximum atomic E-state index is 13.0. The first-order valence-corrected chi connectivity index (χ1v) is 9.03. The number of anilines is 1. The van der Waals surface area contributed by atoms with E-state index in [1.807, 2.05) is 29.2 Å². The Morgan fingerprint density at radius 1 is 1.38 bits per heavy atom. The van der Waals surface area contributed by atoms with Crippen LogP contribution in [0, 0.1) is 6.92 Å². The minimum absolute atomic E-state index is 0.194. The summed E-state index contributed by atoms with van der Waals surface area (Å²) in [6.45, 7) is 6.79. The quantitative estimate of drug-likeness (QED) is 0.908. The number of aliphatic imine (C=N–C) groups is 2. The van der Waals surface area contributed by atoms with Gasteiger partial charge in [0, 0.05) is 12.2 Å². The standard InChI is InChI=1S/C20H22N4O2/c1-4-13-7-6-8-15(9-13)23-19(25)16-12(3)26-20-17(16)18-22-14(5-2)10-24(18)11-21-20/h6-9,11,14H,4-5,10H2,1-3H3,(H,23,25)/t14-/m1/s1. The summed E-state index contributed by atoms with van der Waals surface area (Å²) in [6, 6.07) is 8.10. The van der Waals surface area contributed by atoms with E-state index in [1.54, 1.807) is 13.3 Å². The van der Waals surface area contributed by atoms with Crippen LogP contribution in [0.5, 0.6) is 0 Å². The highest BCUT2D eigenvalue weighted by atomic mass is 16.4. The van der Waals surface area contributed by atoms with Crippen LogP contribution in [0.25, 0.3) is 0 Å². The minimum Gasteiger partial charge on any atom is -0.442 e. The SMILES string of the molecule is CCc1cccc(NC(=O)c2c(C)oc3c2C2=N[C@H](CC)CN2C=N3)c1. The van der Waals surface area contributed by atoms with E-state index in [0.717, 1.165) is 30.9 Å². The van der Waals surface area contributed by atoms with Crippen LogP contribution in [-0.2, 0) is 6.42 Å². The van der Waals surface area contributed by atoms with Gasteiger partial charge >= 0.3 is 0 Å². The van der Waals surface area contributed by atoms with Crippen LogP contribution in [0.3, 0.4) is 0 Å². The lowest BCUT2D eigenvalue weighted by Gasteiger charge is -2.18. The molecule has 0 aliphatic carbocycles. The average Bonchev–Trinajstić information content (AvgIpc) is 3.21. The molecule has 1 atom stereocenters. The summed E-state index contributed by atoms with van der Waals surface area (Å²) in [4.78, 5) is 24.2. The van der Waals surface area contributed by atoms with Crippen molar-refractivity contribution in [2.24, 2.45) is 9.98 Å². The minimum atomic E-state index is -0.194. The van der Waals surface area contributed by atoms with E-state index in [4.69, 9.17) is 9.41 Å². The van der Waals surface area contributed by atoms with E-state index >= 15 is 0 Å². The second-order valence-corrected chi connectivity index (χ2v) is 6.63. The molecule has 2 aliphatic rings. The molecule has 0 bridgehead atoms. The number of rotatable bonds is 4. The van der Waals surface area contributed by atoms with E-state index in [2.05, 4.69) is 24.2 Å². The molecule has 2 aromatic rings. The van der Waals surface area contributed by atoms with Gasteiger partial charge in [0.1, 0.15) is 17.9 Å². The molecule has 26 heavy (non-hydrogen) atoms. The fraction of sp³-hybridized carbons (Fsp3) is 0.350. The monoisotopic (exact) mass is 350 g/mol. The summed E-state index contributed by atoms with van der Waals surface area (Å²) >= 11 is 0. The van der Waals surface area contributed by atoms with Crippen molar-refractivity contribution in [1.29, 1.82) is 0 Å². The van der Waals surface area contributed by atoms with Gasteiger partial charge in [-0.15, -0.1) is 0 Å². The molecule has 3 heterocycles. The lowest BCUT2D eigenvalue weighted by atomic mass is 10.1. The number of fused-ring (bicyclic) bond motifs is 3. The van der Waals surface area contributed by atoms with Crippen molar-refractivity contribution in [3.05, 3.63) is 46.7 Å². The number of hydrogen-bond acceptors (Lipinski definition) is 5. The number of hydrogen-bond donors (Lipinski definition) is 1. The fourth-order valence-electron chi connectivity index (χ4n) is 3.42. The third kappa shape index (κ3) is 2.71. The van der Waals surface area contributed by atoms with E-state index in [9.17, 15) is 4.79 Å². The Morgan fingerprint density at radius 2 is 2.23 bits per heavy atom. The first-order valence-electron chi connectivity index (χ1n) is 9.03. The number of amides is 1. The van der Waals surface area contributed by atoms with E-state index in [-0.39, 0.29) is 11.9 Å². The van der Waals surface area contributed by atoms with Gasteiger partial charge in [0.2, 0.25) is 5.88 Å². The summed E-state index contributed by atoms with van der Waals surface area (Å²) in [7, 11) is 0. The molecule has 0 fully saturated rings. The molecule has 1 aromatic carbocycles. The molecule has 1 amide bonds. The van der Waals surface area contributed by atoms with Crippen LogP contribution >= 0.6 is 0 Å². The number of amidine groups is 1. The molecule has 1 aromatic heterocycles. The largest absolute Gasteiger partial charge is 0.442 e. The summed E-state index contributed by atoms with van der Waals surface area (Å²) in [5.74, 6) is 1.61. The van der Waals surface area contributed by atoms with Gasteiger partial charge in [-0.1, -0.05) is 26.0 Å². The molecule has 134 valence electrons. The van der Waals surface area contributed by atoms with Crippen molar-refractivity contribution in [3.63, 3.8) is 0 Å². The van der Waals surface area contributed by atoms with E-state index in [0.29, 0.717) is 22.8 Å². The topological polar surface area (TPSA) is 70.2 Å². The van der Waals surface area contributed by atoms with Crippen LogP contribution in [0.4, 0.5) is 11.6 Å². The predicted octanol–water partition coefficient (Wildman–Crippen LogP) is 3.92. The molecule has 2 aliphatic heterocycles. The van der Waals surface area contributed by atoms with Crippen LogP contribution in [0.2, 0.25) is 0 Å². The number of carbonyl (C=O) groups is 1. The summed E-state index contributed by atoms with van der Waals surface area (Å²) in [6.07, 6.45) is 3.61. The van der Waals surface area contributed by atoms with Gasteiger partial charge in [0.15, 0.2) is 0 Å². The van der Waals surface area contributed by atoms with Crippen molar-refractivity contribution < 1.29 is 9.21 Å². The number of nitrogens with one attached hydrogen (secondary N) is 1. The molecule has 6 heteroatoms. The fourth-order valence-corrected chi connectivity index (χ4v) is 3.42. The second-order valence-electron chi connectivity index (χ2n) is 6.63. The molecule has 4 rings (SSSR count). The first-order chi connectivity index (χ1) is 12.6. The summed E-state index contributed by atoms with van der Waals surface area (Å²) in [5, 5.41) is 2.99. The maximum absolute atomic E-state index is 13.0. The third-order valence-corrected chi connectivity index (χ3v) is 4.88. The van der Waals surface area contributed by atoms with Gasteiger partial charge in [-0.05, 0) is 37.5 Å². The Hall–Kier alpha value is -2.89. The number of furan rings is 1. The maximum Gasteiger partial charge on any atom is 0.260 e. The molecular formula is C20H22N4O2. The highest BCUT2D eigenvalue weighted by Gasteiger charge is 2.35. The lowest BCUT2D eigenvalue weighted by Crippen LogP contribution is -2.31. The number of carbonyl (C=O) groups excluding carboxylic acids is 1. The lowest BCUT2D eigenvalue weighted by molar-refractivity contribution is 0.102. The number of aryl methyl sites for hydroxylation is 2. The highest BCUT2D eigenvalue weighted by Crippen LogP contribution is 2.35. The Bertz CT molecular complexity index is 926. The van der Waals surface area contributed by atoms with Crippen LogP contribution in [0.15, 0.2) is 38.7 Å².